The van der Waals surface area contributed by atoms with Crippen LogP contribution < -0.4 is 9.47 Å². The van der Waals surface area contributed by atoms with Crippen LogP contribution in [0, 0.1) is 0 Å². The molecule has 2 unspecified atom stereocenters. The van der Waals surface area contributed by atoms with Crippen molar-refractivity contribution in [2.24, 2.45) is 0 Å². The van der Waals surface area contributed by atoms with Gasteiger partial charge in [-0.2, -0.15) is 0 Å². The lowest BCUT2D eigenvalue weighted by molar-refractivity contribution is -0.123. The zero-order valence-electron chi connectivity index (χ0n) is 10.8. The van der Waals surface area contributed by atoms with Crippen molar-refractivity contribution in [1.82, 2.24) is 4.90 Å². The third-order valence-corrected chi connectivity index (χ3v) is 4.50. The monoisotopic (exact) mass is 259 g/mol. The Morgan fingerprint density at radius 2 is 1.84 bits per heavy atom. The number of rotatable bonds is 2. The van der Waals surface area contributed by atoms with Crippen molar-refractivity contribution < 1.29 is 14.3 Å². The topological polar surface area (TPSA) is 38.8 Å². The van der Waals surface area contributed by atoms with Crippen LogP contribution in [0.4, 0.5) is 0 Å². The van der Waals surface area contributed by atoms with Crippen LogP contribution in [0.15, 0.2) is 18.2 Å². The summed E-state index contributed by atoms with van der Waals surface area (Å²) < 4.78 is 10.8. The Balaban J connectivity index is 1.54. The molecule has 2 atom stereocenters. The Bertz CT molecular complexity index is 512. The van der Waals surface area contributed by atoms with Crippen LogP contribution in [-0.4, -0.2) is 29.6 Å². The largest absolute Gasteiger partial charge is 0.454 e. The molecule has 2 bridgehead atoms. The average Bonchev–Trinajstić information content (AvgIpc) is 2.94. The number of Topliss-reactive ketones (excluding diaryl/α,β-unsaturated/α-hetero) is 1. The molecule has 0 aromatic heterocycles. The number of fused-ring (bicyclic) bond motifs is 3. The number of ether oxygens (including phenoxy) is 2. The number of carbonyl (C=O) groups is 1. The number of hydrogen-bond donors (Lipinski definition) is 0. The van der Waals surface area contributed by atoms with Gasteiger partial charge in [0.1, 0.15) is 5.78 Å². The van der Waals surface area contributed by atoms with Gasteiger partial charge in [0.2, 0.25) is 6.79 Å². The molecule has 0 radical (unpaired) electrons. The smallest absolute Gasteiger partial charge is 0.231 e. The molecule has 19 heavy (non-hydrogen) atoms. The van der Waals surface area contributed by atoms with E-state index in [0.717, 1.165) is 30.9 Å². The predicted molar refractivity (Wildman–Crippen MR) is 69.2 cm³/mol. The molecular weight excluding hydrogens is 242 g/mol. The van der Waals surface area contributed by atoms with E-state index in [1.165, 1.54) is 18.4 Å². The first-order valence-electron chi connectivity index (χ1n) is 6.95. The summed E-state index contributed by atoms with van der Waals surface area (Å²) in [6.45, 7) is 1.24. The maximum Gasteiger partial charge on any atom is 0.231 e. The second kappa shape index (κ2) is 4.23. The number of nitrogens with zero attached hydrogens (tertiary/aromatic N) is 1. The highest BCUT2D eigenvalue weighted by Gasteiger charge is 2.39. The summed E-state index contributed by atoms with van der Waals surface area (Å²) in [6, 6.07) is 7.06. The van der Waals surface area contributed by atoms with Crippen molar-refractivity contribution in [2.75, 3.05) is 6.79 Å². The highest BCUT2D eigenvalue weighted by molar-refractivity contribution is 5.80. The molecule has 4 nitrogen and oxygen atoms in total. The van der Waals surface area contributed by atoms with E-state index in [0.29, 0.717) is 24.7 Å². The van der Waals surface area contributed by atoms with Gasteiger partial charge < -0.3 is 9.47 Å². The van der Waals surface area contributed by atoms with Crippen LogP contribution in [0.25, 0.3) is 0 Å². The Morgan fingerprint density at radius 3 is 2.63 bits per heavy atom. The maximum absolute atomic E-state index is 11.6. The maximum atomic E-state index is 11.6. The van der Waals surface area contributed by atoms with E-state index in [2.05, 4.69) is 17.0 Å². The normalized spacial score (nSPS) is 28.9. The highest BCUT2D eigenvalue weighted by atomic mass is 16.7. The summed E-state index contributed by atoms with van der Waals surface area (Å²) in [5.74, 6) is 2.12. The molecule has 3 aliphatic heterocycles. The second-order valence-corrected chi connectivity index (χ2v) is 5.69. The number of hydrogen-bond acceptors (Lipinski definition) is 4. The van der Waals surface area contributed by atoms with Crippen molar-refractivity contribution in [3.63, 3.8) is 0 Å². The first-order chi connectivity index (χ1) is 9.29. The zero-order valence-corrected chi connectivity index (χ0v) is 10.8. The van der Waals surface area contributed by atoms with Gasteiger partial charge in [-0.3, -0.25) is 9.69 Å². The number of piperidine rings is 1. The molecule has 1 aromatic rings. The van der Waals surface area contributed by atoms with Crippen LogP contribution in [-0.2, 0) is 11.3 Å². The van der Waals surface area contributed by atoms with Crippen molar-refractivity contribution in [1.29, 1.82) is 0 Å². The van der Waals surface area contributed by atoms with E-state index >= 15 is 0 Å². The minimum absolute atomic E-state index is 0.322. The lowest BCUT2D eigenvalue weighted by atomic mass is 10.0. The molecule has 4 rings (SSSR count). The molecule has 3 aliphatic rings. The lowest BCUT2D eigenvalue weighted by Gasteiger charge is -2.33. The van der Waals surface area contributed by atoms with Gasteiger partial charge in [-0.1, -0.05) is 6.07 Å². The van der Waals surface area contributed by atoms with Crippen molar-refractivity contribution in [3.8, 4) is 11.5 Å². The fourth-order valence-electron chi connectivity index (χ4n) is 3.57. The van der Waals surface area contributed by atoms with Gasteiger partial charge in [0.25, 0.3) is 0 Å². The first-order valence-corrected chi connectivity index (χ1v) is 6.95. The van der Waals surface area contributed by atoms with E-state index in [1.54, 1.807) is 0 Å². The number of ketones is 1. The average molecular weight is 259 g/mol. The predicted octanol–water partition coefficient (Wildman–Crippen LogP) is 2.11. The molecule has 0 spiro atoms. The van der Waals surface area contributed by atoms with Gasteiger partial charge in [-0.05, 0) is 30.5 Å². The summed E-state index contributed by atoms with van der Waals surface area (Å²) in [6.07, 6.45) is 3.81. The molecule has 3 heterocycles. The quantitative estimate of drug-likeness (QED) is 0.815. The molecule has 0 N–H and O–H groups in total. The summed E-state index contributed by atoms with van der Waals surface area (Å²) >= 11 is 0. The van der Waals surface area contributed by atoms with Crippen LogP contribution in [0.2, 0.25) is 0 Å². The molecular formula is C15H17NO3. The van der Waals surface area contributed by atoms with Crippen LogP contribution in [0.5, 0.6) is 11.5 Å². The van der Waals surface area contributed by atoms with Gasteiger partial charge in [0.15, 0.2) is 11.5 Å². The SMILES string of the molecule is O=C1CC2CCC(C1)N2Cc1ccc2c(c1)OCO2. The summed E-state index contributed by atoms with van der Waals surface area (Å²) in [5, 5.41) is 0. The summed E-state index contributed by atoms with van der Waals surface area (Å²) in [7, 11) is 0. The molecule has 4 heteroatoms. The van der Waals surface area contributed by atoms with Crippen LogP contribution >= 0.6 is 0 Å². The molecule has 0 amide bonds. The zero-order chi connectivity index (χ0) is 12.8. The highest BCUT2D eigenvalue weighted by Crippen LogP contribution is 2.37. The van der Waals surface area contributed by atoms with Gasteiger partial charge >= 0.3 is 0 Å². The second-order valence-electron chi connectivity index (χ2n) is 5.69. The Labute approximate surface area is 112 Å². The van der Waals surface area contributed by atoms with Crippen molar-refractivity contribution >= 4 is 5.78 Å². The minimum Gasteiger partial charge on any atom is -0.454 e. The van der Waals surface area contributed by atoms with Crippen LogP contribution in [0.1, 0.15) is 31.2 Å². The minimum atomic E-state index is 0.322. The molecule has 2 saturated heterocycles. The summed E-state index contributed by atoms with van der Waals surface area (Å²) in [5.41, 5.74) is 1.25. The van der Waals surface area contributed by atoms with E-state index in [1.807, 2.05) is 6.07 Å². The Morgan fingerprint density at radius 1 is 1.11 bits per heavy atom. The lowest BCUT2D eigenvalue weighted by Crippen LogP contribution is -2.42. The van der Waals surface area contributed by atoms with Gasteiger partial charge in [0.05, 0.1) is 0 Å². The van der Waals surface area contributed by atoms with Gasteiger partial charge in [0, 0.05) is 31.5 Å². The Hall–Kier alpha value is -1.55. The molecule has 1 aromatic carbocycles. The first kappa shape index (κ1) is 11.3. The fourth-order valence-corrected chi connectivity index (χ4v) is 3.57. The summed E-state index contributed by atoms with van der Waals surface area (Å²) in [4.78, 5) is 14.1. The Kier molecular flexibility index (Phi) is 2.52. The van der Waals surface area contributed by atoms with E-state index in [-0.39, 0.29) is 0 Å². The molecule has 2 fully saturated rings. The van der Waals surface area contributed by atoms with E-state index in [4.69, 9.17) is 9.47 Å². The molecule has 0 saturated carbocycles. The third-order valence-electron chi connectivity index (χ3n) is 4.50. The van der Waals surface area contributed by atoms with Gasteiger partial charge in [-0.25, -0.2) is 0 Å². The number of benzene rings is 1. The standard InChI is InChI=1S/C15H17NO3/c17-13-6-11-2-3-12(7-13)16(11)8-10-1-4-14-15(5-10)19-9-18-14/h1,4-5,11-12H,2-3,6-9H2. The fraction of sp³-hybridized carbons (Fsp3) is 0.533. The molecule has 100 valence electrons. The van der Waals surface area contributed by atoms with Crippen molar-refractivity contribution in [3.05, 3.63) is 23.8 Å². The van der Waals surface area contributed by atoms with Gasteiger partial charge in [-0.15, -0.1) is 0 Å². The molecule has 0 aliphatic carbocycles. The third kappa shape index (κ3) is 1.91. The van der Waals surface area contributed by atoms with E-state index in [9.17, 15) is 4.79 Å². The van der Waals surface area contributed by atoms with Crippen LogP contribution in [0.3, 0.4) is 0 Å². The van der Waals surface area contributed by atoms with E-state index < -0.39 is 0 Å². The van der Waals surface area contributed by atoms with Crippen molar-refractivity contribution in [2.45, 2.75) is 44.3 Å². The number of carbonyl (C=O) groups excluding carboxylic acids is 1.